The molecule has 5 heteroatoms. The summed E-state index contributed by atoms with van der Waals surface area (Å²) in [6.45, 7) is 1.74. The van der Waals surface area contributed by atoms with Crippen molar-refractivity contribution in [3.63, 3.8) is 0 Å². The highest BCUT2D eigenvalue weighted by atomic mass is 19.1. The number of benzene rings is 1. The van der Waals surface area contributed by atoms with Crippen LogP contribution < -0.4 is 4.74 Å². The molecule has 2 rings (SSSR count). The zero-order chi connectivity index (χ0) is 13.3. The first kappa shape index (κ1) is 12.5. The molecule has 0 bridgehead atoms. The van der Waals surface area contributed by atoms with Gasteiger partial charge in [0.25, 0.3) is 0 Å². The van der Waals surface area contributed by atoms with Gasteiger partial charge in [0.15, 0.2) is 11.6 Å². The number of hydrogen-bond donors (Lipinski definition) is 0. The number of hydrogen-bond acceptors (Lipinski definition) is 4. The highest BCUT2D eigenvalue weighted by Gasteiger charge is 2.39. The fraction of sp³-hybridized carbons (Fsp3) is 0.385. The molecular weight excluding hydrogens is 239 g/mol. The van der Waals surface area contributed by atoms with Gasteiger partial charge >= 0.3 is 11.9 Å². The van der Waals surface area contributed by atoms with E-state index in [1.165, 1.54) is 19.2 Å². The van der Waals surface area contributed by atoms with Crippen molar-refractivity contribution in [3.8, 4) is 5.75 Å². The number of cyclic esters (lactones) is 2. The van der Waals surface area contributed by atoms with Crippen LogP contribution in [0.15, 0.2) is 18.2 Å². The van der Waals surface area contributed by atoms with Gasteiger partial charge in [0.05, 0.1) is 20.0 Å². The predicted molar refractivity (Wildman–Crippen MR) is 60.6 cm³/mol. The molecule has 1 saturated heterocycles. The molecule has 0 N–H and O–H groups in total. The highest BCUT2D eigenvalue weighted by molar-refractivity contribution is 5.90. The lowest BCUT2D eigenvalue weighted by Crippen LogP contribution is -2.36. The van der Waals surface area contributed by atoms with E-state index in [9.17, 15) is 14.0 Å². The van der Waals surface area contributed by atoms with Crippen LogP contribution in [0.3, 0.4) is 0 Å². The molecule has 1 fully saturated rings. The molecule has 0 unspecified atom stereocenters. The van der Waals surface area contributed by atoms with Gasteiger partial charge in [-0.1, -0.05) is 13.0 Å². The summed E-state index contributed by atoms with van der Waals surface area (Å²) >= 11 is 0. The summed E-state index contributed by atoms with van der Waals surface area (Å²) in [7, 11) is 1.38. The van der Waals surface area contributed by atoms with Crippen molar-refractivity contribution in [2.24, 2.45) is 0 Å². The number of carbonyl (C=O) groups is 2. The number of halogens is 1. The van der Waals surface area contributed by atoms with Gasteiger partial charge in [0.1, 0.15) is 0 Å². The Morgan fingerprint density at radius 3 is 2.39 bits per heavy atom. The monoisotopic (exact) mass is 252 g/mol. The van der Waals surface area contributed by atoms with E-state index < -0.39 is 23.2 Å². The van der Waals surface area contributed by atoms with Crippen LogP contribution >= 0.6 is 0 Å². The van der Waals surface area contributed by atoms with E-state index in [1.807, 2.05) is 0 Å². The molecule has 0 saturated carbocycles. The number of ether oxygens (including phenoxy) is 2. The first-order valence-corrected chi connectivity index (χ1v) is 5.52. The maximum Gasteiger partial charge on any atom is 0.314 e. The topological polar surface area (TPSA) is 52.6 Å². The summed E-state index contributed by atoms with van der Waals surface area (Å²) in [5, 5.41) is 0. The maximum atomic E-state index is 13.6. The van der Waals surface area contributed by atoms with Gasteiger partial charge in [-0.2, -0.15) is 0 Å². The minimum atomic E-state index is -0.723. The number of carbonyl (C=O) groups excluding carboxylic acids is 2. The molecule has 0 aliphatic carbocycles. The summed E-state index contributed by atoms with van der Waals surface area (Å²) < 4.78 is 23.0. The molecule has 0 aromatic heterocycles. The first-order chi connectivity index (χ1) is 8.44. The summed E-state index contributed by atoms with van der Waals surface area (Å²) in [5.41, 5.74) is -0.134. The molecule has 0 amide bonds. The second kappa shape index (κ2) is 4.40. The Morgan fingerprint density at radius 1 is 1.28 bits per heavy atom. The summed E-state index contributed by atoms with van der Waals surface area (Å²) in [4.78, 5) is 22.6. The number of methoxy groups -OCH3 is 1. The smallest absolute Gasteiger partial charge is 0.314 e. The molecule has 18 heavy (non-hydrogen) atoms. The lowest BCUT2D eigenvalue weighted by molar-refractivity contribution is -0.166. The van der Waals surface area contributed by atoms with E-state index in [0.29, 0.717) is 5.56 Å². The third kappa shape index (κ3) is 2.20. The Kier molecular flexibility index (Phi) is 3.07. The highest BCUT2D eigenvalue weighted by Crippen LogP contribution is 2.36. The van der Waals surface area contributed by atoms with E-state index in [4.69, 9.17) is 4.74 Å². The van der Waals surface area contributed by atoms with Gasteiger partial charge < -0.3 is 9.47 Å². The van der Waals surface area contributed by atoms with E-state index in [2.05, 4.69) is 4.74 Å². The second-order valence-corrected chi connectivity index (χ2v) is 4.61. The van der Waals surface area contributed by atoms with Crippen molar-refractivity contribution < 1.29 is 23.5 Å². The Morgan fingerprint density at radius 2 is 1.89 bits per heavy atom. The minimum Gasteiger partial charge on any atom is -0.494 e. The van der Waals surface area contributed by atoms with Crippen molar-refractivity contribution in [1.29, 1.82) is 0 Å². The SMILES string of the molecule is COc1ccc(C2(C)CC(=O)OC(=O)C2)cc1F. The molecule has 0 radical (unpaired) electrons. The number of rotatable bonds is 2. The van der Waals surface area contributed by atoms with Crippen LogP contribution in [0.5, 0.6) is 5.75 Å². The number of esters is 2. The largest absolute Gasteiger partial charge is 0.494 e. The van der Waals surface area contributed by atoms with Crippen molar-refractivity contribution in [2.75, 3.05) is 7.11 Å². The Labute approximate surface area is 104 Å². The van der Waals surface area contributed by atoms with E-state index in [0.717, 1.165) is 0 Å². The van der Waals surface area contributed by atoms with E-state index in [1.54, 1.807) is 13.0 Å². The van der Waals surface area contributed by atoms with Gasteiger partial charge in [-0.3, -0.25) is 9.59 Å². The third-order valence-corrected chi connectivity index (χ3v) is 3.15. The molecule has 1 heterocycles. The van der Waals surface area contributed by atoms with Crippen molar-refractivity contribution in [2.45, 2.75) is 25.2 Å². The van der Waals surface area contributed by atoms with Crippen LogP contribution in [0.1, 0.15) is 25.3 Å². The summed E-state index contributed by atoms with van der Waals surface area (Å²) in [6.07, 6.45) is 0.120. The zero-order valence-electron chi connectivity index (χ0n) is 10.2. The summed E-state index contributed by atoms with van der Waals surface area (Å²) in [5.74, 6) is -1.54. The predicted octanol–water partition coefficient (Wildman–Crippen LogP) is 1.96. The standard InChI is InChI=1S/C13H13FO4/c1-13(6-11(15)18-12(16)7-13)8-3-4-10(17-2)9(14)5-8/h3-5H,6-7H2,1-2H3. The summed E-state index contributed by atoms with van der Waals surface area (Å²) in [6, 6.07) is 4.44. The molecule has 1 aromatic carbocycles. The van der Waals surface area contributed by atoms with Crippen LogP contribution in [0.25, 0.3) is 0 Å². The average molecular weight is 252 g/mol. The van der Waals surface area contributed by atoms with Crippen LogP contribution in [0.4, 0.5) is 4.39 Å². The van der Waals surface area contributed by atoms with E-state index >= 15 is 0 Å². The molecule has 0 spiro atoms. The van der Waals surface area contributed by atoms with Crippen LogP contribution in [-0.2, 0) is 19.7 Å². The van der Waals surface area contributed by atoms with Crippen molar-refractivity contribution >= 4 is 11.9 Å². The van der Waals surface area contributed by atoms with Gasteiger partial charge in [0.2, 0.25) is 0 Å². The van der Waals surface area contributed by atoms with Crippen LogP contribution in [-0.4, -0.2) is 19.0 Å². The van der Waals surface area contributed by atoms with Gasteiger partial charge in [0, 0.05) is 5.41 Å². The molecule has 96 valence electrons. The molecule has 1 aromatic rings. The molecule has 4 nitrogen and oxygen atoms in total. The molecular formula is C13H13FO4. The molecule has 1 aliphatic rings. The van der Waals surface area contributed by atoms with Crippen LogP contribution in [0.2, 0.25) is 0 Å². The third-order valence-electron chi connectivity index (χ3n) is 3.15. The fourth-order valence-corrected chi connectivity index (χ4v) is 2.14. The Bertz CT molecular complexity index is 494. The molecule has 0 atom stereocenters. The van der Waals surface area contributed by atoms with Crippen LogP contribution in [0, 0.1) is 5.82 Å². The first-order valence-electron chi connectivity index (χ1n) is 5.52. The average Bonchev–Trinajstić information content (AvgIpc) is 2.27. The minimum absolute atomic E-state index is 0.0600. The lowest BCUT2D eigenvalue weighted by Gasteiger charge is -2.31. The molecule has 1 aliphatic heterocycles. The van der Waals surface area contributed by atoms with Gasteiger partial charge in [-0.15, -0.1) is 0 Å². The quantitative estimate of drug-likeness (QED) is 0.596. The van der Waals surface area contributed by atoms with Gasteiger partial charge in [-0.05, 0) is 17.7 Å². The normalized spacial score (nSPS) is 18.4. The Balaban J connectivity index is 2.37. The Hall–Kier alpha value is -1.91. The zero-order valence-corrected chi connectivity index (χ0v) is 10.2. The second-order valence-electron chi connectivity index (χ2n) is 4.61. The lowest BCUT2D eigenvalue weighted by atomic mass is 9.75. The van der Waals surface area contributed by atoms with Gasteiger partial charge in [-0.25, -0.2) is 4.39 Å². The fourth-order valence-electron chi connectivity index (χ4n) is 2.14. The van der Waals surface area contributed by atoms with E-state index in [-0.39, 0.29) is 18.6 Å². The maximum absolute atomic E-state index is 13.6. The van der Waals surface area contributed by atoms with Crippen molar-refractivity contribution in [1.82, 2.24) is 0 Å². The van der Waals surface area contributed by atoms with Crippen molar-refractivity contribution in [3.05, 3.63) is 29.6 Å².